The molecule has 0 aromatic heterocycles. The molecule has 36 heavy (non-hydrogen) atoms. The van der Waals surface area contributed by atoms with Crippen LogP contribution in [0.25, 0.3) is 0 Å². The smallest absolute Gasteiger partial charge is 0.231 e. The third-order valence-corrected chi connectivity index (χ3v) is 7.69. The average Bonchev–Trinajstić information content (AvgIpc) is 3.31. The zero-order valence-corrected chi connectivity index (χ0v) is 22.1. The molecular weight excluding hydrogens is 477 g/mol. The van der Waals surface area contributed by atoms with Crippen LogP contribution in [0.4, 0.5) is 4.39 Å². The number of allylic oxidation sites excluding steroid dienone is 2. The number of piperidine rings is 1. The van der Waals surface area contributed by atoms with Gasteiger partial charge in [0.1, 0.15) is 11.6 Å². The van der Waals surface area contributed by atoms with Gasteiger partial charge >= 0.3 is 0 Å². The van der Waals surface area contributed by atoms with Crippen molar-refractivity contribution in [3.63, 3.8) is 0 Å². The van der Waals surface area contributed by atoms with Gasteiger partial charge in [-0.15, -0.1) is 0 Å². The van der Waals surface area contributed by atoms with E-state index in [9.17, 15) is 9.18 Å². The molecular formula is C29H33ClFN3O2. The van der Waals surface area contributed by atoms with E-state index >= 15 is 0 Å². The number of ether oxygens (including phenoxy) is 1. The van der Waals surface area contributed by atoms with E-state index in [0.717, 1.165) is 46.7 Å². The van der Waals surface area contributed by atoms with E-state index in [1.54, 1.807) is 19.2 Å². The molecule has 0 bridgehead atoms. The predicted molar refractivity (Wildman–Crippen MR) is 144 cm³/mol. The normalized spacial score (nSPS) is 21.4. The van der Waals surface area contributed by atoms with Crippen molar-refractivity contribution in [3.05, 3.63) is 75.7 Å². The van der Waals surface area contributed by atoms with Crippen LogP contribution in [0.15, 0.2) is 58.2 Å². The Morgan fingerprint density at radius 3 is 2.86 bits per heavy atom. The summed E-state index contributed by atoms with van der Waals surface area (Å²) < 4.78 is 19.7. The minimum Gasteiger partial charge on any atom is -0.496 e. The fourth-order valence-electron chi connectivity index (χ4n) is 5.06. The highest BCUT2D eigenvalue weighted by molar-refractivity contribution is 6.30. The summed E-state index contributed by atoms with van der Waals surface area (Å²) >= 11 is 5.86. The number of methoxy groups -OCH3 is 1. The lowest BCUT2D eigenvalue weighted by Crippen LogP contribution is -2.50. The minimum atomic E-state index is -0.546. The van der Waals surface area contributed by atoms with Gasteiger partial charge in [0.2, 0.25) is 5.91 Å². The summed E-state index contributed by atoms with van der Waals surface area (Å²) in [4.78, 5) is 24.9. The highest BCUT2D eigenvalue weighted by Gasteiger charge is 2.48. The lowest BCUT2D eigenvalue weighted by molar-refractivity contribution is -0.147. The van der Waals surface area contributed by atoms with Crippen LogP contribution in [-0.2, 0) is 11.2 Å². The van der Waals surface area contributed by atoms with Crippen molar-refractivity contribution < 1.29 is 13.9 Å². The quantitative estimate of drug-likeness (QED) is 0.395. The maximum absolute atomic E-state index is 14.1. The fourth-order valence-corrected chi connectivity index (χ4v) is 5.18. The number of hydrogen-bond donors (Lipinski definition) is 0. The van der Waals surface area contributed by atoms with Gasteiger partial charge in [0.15, 0.2) is 0 Å². The Hall–Kier alpha value is -2.99. The standard InChI is InChI=1S/C29H33ClFN3O2/c1-5-19(2)32-13-11-21-7-8-23(16-27(21)36-4)26-17-29(18-33-26)12-6-14-34(28(29)35)20(3)22-9-10-24(30)25(31)15-22/h5,7-10,13,15-16,20H,6,11-12,14,17-18H2,1-4H3/b19-5-,32-13?. The number of carbonyl (C=O) groups excluding carboxylic acids is 1. The lowest BCUT2D eigenvalue weighted by Gasteiger charge is -2.42. The van der Waals surface area contributed by atoms with Gasteiger partial charge in [-0.2, -0.15) is 0 Å². The largest absolute Gasteiger partial charge is 0.496 e. The topological polar surface area (TPSA) is 54.3 Å². The molecule has 7 heteroatoms. The zero-order valence-electron chi connectivity index (χ0n) is 21.4. The molecule has 0 radical (unpaired) electrons. The summed E-state index contributed by atoms with van der Waals surface area (Å²) in [6, 6.07) is 10.6. The number of halogens is 2. The second kappa shape index (κ2) is 11.0. The monoisotopic (exact) mass is 509 g/mol. The van der Waals surface area contributed by atoms with Crippen molar-refractivity contribution in [2.24, 2.45) is 15.4 Å². The summed E-state index contributed by atoms with van der Waals surface area (Å²) in [5, 5.41) is 0.0860. The van der Waals surface area contributed by atoms with Crippen molar-refractivity contribution in [1.82, 2.24) is 4.90 Å². The van der Waals surface area contributed by atoms with E-state index in [1.165, 1.54) is 6.07 Å². The van der Waals surface area contributed by atoms with Crippen LogP contribution >= 0.6 is 11.6 Å². The van der Waals surface area contributed by atoms with E-state index in [4.69, 9.17) is 21.3 Å². The first-order chi connectivity index (χ1) is 17.3. The van der Waals surface area contributed by atoms with E-state index in [-0.39, 0.29) is 17.0 Å². The fraction of sp³-hybridized carbons (Fsp3) is 0.414. The third-order valence-electron chi connectivity index (χ3n) is 7.39. The number of likely N-dealkylation sites (tertiary alicyclic amines) is 1. The molecule has 1 amide bonds. The number of carbonyl (C=O) groups is 1. The van der Waals surface area contributed by atoms with E-state index in [0.29, 0.717) is 25.9 Å². The van der Waals surface area contributed by atoms with Gasteiger partial charge in [-0.05, 0) is 68.5 Å². The van der Waals surface area contributed by atoms with Gasteiger partial charge in [-0.25, -0.2) is 4.39 Å². The Balaban J connectivity index is 1.50. The molecule has 5 nitrogen and oxygen atoms in total. The van der Waals surface area contributed by atoms with Crippen molar-refractivity contribution in [2.45, 2.75) is 52.5 Å². The van der Waals surface area contributed by atoms with Crippen LogP contribution in [0, 0.1) is 11.2 Å². The van der Waals surface area contributed by atoms with Crippen LogP contribution in [0.1, 0.15) is 62.8 Å². The Morgan fingerprint density at radius 2 is 2.14 bits per heavy atom. The number of hydrogen-bond acceptors (Lipinski definition) is 4. The molecule has 0 aliphatic carbocycles. The van der Waals surface area contributed by atoms with Crippen LogP contribution in [0.3, 0.4) is 0 Å². The second-order valence-electron chi connectivity index (χ2n) is 9.64. The average molecular weight is 510 g/mol. The van der Waals surface area contributed by atoms with Crippen LogP contribution < -0.4 is 4.74 Å². The molecule has 1 fully saturated rings. The molecule has 1 saturated heterocycles. The second-order valence-corrected chi connectivity index (χ2v) is 10.1. The summed E-state index contributed by atoms with van der Waals surface area (Å²) in [6.45, 7) is 7.00. The molecule has 2 atom stereocenters. The van der Waals surface area contributed by atoms with Crippen LogP contribution in [-0.4, -0.2) is 42.9 Å². The predicted octanol–water partition coefficient (Wildman–Crippen LogP) is 6.59. The maximum Gasteiger partial charge on any atom is 0.231 e. The Bertz CT molecular complexity index is 1240. The first-order valence-corrected chi connectivity index (χ1v) is 12.8. The number of aliphatic imine (C=N–C) groups is 2. The molecule has 4 rings (SSSR count). The van der Waals surface area contributed by atoms with Gasteiger partial charge in [0, 0.05) is 37.0 Å². The molecule has 2 aromatic carbocycles. The summed E-state index contributed by atoms with van der Waals surface area (Å²) in [5.41, 5.74) is 4.12. The molecule has 2 unspecified atom stereocenters. The number of benzene rings is 2. The minimum absolute atomic E-state index is 0.0860. The summed E-state index contributed by atoms with van der Waals surface area (Å²) in [5.74, 6) is 0.414. The Kier molecular flexibility index (Phi) is 7.94. The van der Waals surface area contributed by atoms with Crippen LogP contribution in [0.2, 0.25) is 5.02 Å². The van der Waals surface area contributed by atoms with Gasteiger partial charge in [-0.3, -0.25) is 14.8 Å². The number of rotatable bonds is 7. The zero-order chi connectivity index (χ0) is 25.9. The molecule has 190 valence electrons. The first-order valence-electron chi connectivity index (χ1n) is 12.4. The maximum atomic E-state index is 14.1. The van der Waals surface area contributed by atoms with Crippen molar-refractivity contribution in [2.75, 3.05) is 20.2 Å². The molecule has 0 N–H and O–H groups in total. The third kappa shape index (κ3) is 5.24. The van der Waals surface area contributed by atoms with Crippen molar-refractivity contribution in [3.8, 4) is 5.75 Å². The lowest BCUT2D eigenvalue weighted by atomic mass is 9.75. The van der Waals surface area contributed by atoms with E-state index in [1.807, 2.05) is 50.1 Å². The van der Waals surface area contributed by atoms with E-state index in [2.05, 4.69) is 11.1 Å². The molecule has 2 aliphatic rings. The summed E-state index contributed by atoms with van der Waals surface area (Å²) in [7, 11) is 1.67. The van der Waals surface area contributed by atoms with Gasteiger partial charge in [-0.1, -0.05) is 35.9 Å². The molecule has 1 spiro atoms. The summed E-state index contributed by atoms with van der Waals surface area (Å²) in [6.07, 6.45) is 6.80. The number of nitrogens with zero attached hydrogens (tertiary/aromatic N) is 3. The van der Waals surface area contributed by atoms with Crippen molar-refractivity contribution in [1.29, 1.82) is 0 Å². The Labute approximate surface area is 217 Å². The van der Waals surface area contributed by atoms with Gasteiger partial charge < -0.3 is 9.64 Å². The first kappa shape index (κ1) is 26.1. The number of amides is 1. The highest BCUT2D eigenvalue weighted by atomic mass is 35.5. The van der Waals surface area contributed by atoms with Crippen molar-refractivity contribution >= 4 is 29.4 Å². The Morgan fingerprint density at radius 1 is 1.33 bits per heavy atom. The SMILES string of the molecule is C/C=C(/C)N=CCc1ccc(C2=NCC3(CCCN(C(C)c4ccc(Cl)c(F)c4)C3=O)C2)cc1OC. The van der Waals surface area contributed by atoms with Gasteiger partial charge in [0.25, 0.3) is 0 Å². The molecule has 2 aromatic rings. The van der Waals surface area contributed by atoms with E-state index < -0.39 is 11.2 Å². The van der Waals surface area contributed by atoms with Crippen LogP contribution in [0.5, 0.6) is 5.75 Å². The molecule has 2 heterocycles. The highest BCUT2D eigenvalue weighted by Crippen LogP contribution is 2.43. The molecule has 2 aliphatic heterocycles. The molecule has 0 saturated carbocycles. The van der Waals surface area contributed by atoms with Gasteiger partial charge in [0.05, 0.1) is 30.1 Å².